The quantitative estimate of drug-likeness (QED) is 0.517. The Morgan fingerprint density at radius 2 is 2.07 bits per heavy atom. The first-order valence-corrected chi connectivity index (χ1v) is 9.12. The molecule has 0 amide bonds. The minimum absolute atomic E-state index is 0.272. The normalized spacial score (nSPS) is 10.6. The van der Waals surface area contributed by atoms with Gasteiger partial charge in [0, 0.05) is 11.9 Å². The average Bonchev–Trinajstić information content (AvgIpc) is 3.05. The SMILES string of the molecule is CCNC(=S)Nc1c(C(=O)OCC)cnn1-c1cc(C)c2ccccc2n1. The lowest BCUT2D eigenvalue weighted by atomic mass is 10.1. The van der Waals surface area contributed by atoms with Crippen molar-refractivity contribution >= 4 is 40.0 Å². The molecule has 2 N–H and O–H groups in total. The molecule has 0 aliphatic carbocycles. The van der Waals surface area contributed by atoms with E-state index in [9.17, 15) is 4.79 Å². The molecule has 0 unspecified atom stereocenters. The number of hydrogen-bond acceptors (Lipinski definition) is 5. The monoisotopic (exact) mass is 383 g/mol. The molecule has 0 aliphatic rings. The van der Waals surface area contributed by atoms with Crippen LogP contribution in [-0.4, -0.2) is 39.0 Å². The standard InChI is InChI=1S/C19H21N5O2S/c1-4-20-19(27)23-17-14(18(25)26-5-2)11-21-24(17)16-10-12(3)13-8-6-7-9-15(13)22-16/h6-11H,4-5H2,1-3H3,(H2,20,23,27). The highest BCUT2D eigenvalue weighted by Gasteiger charge is 2.21. The maximum atomic E-state index is 12.3. The van der Waals surface area contributed by atoms with E-state index >= 15 is 0 Å². The molecule has 3 aromatic rings. The van der Waals surface area contributed by atoms with Crippen molar-refractivity contribution in [2.24, 2.45) is 0 Å². The molecule has 1 aromatic carbocycles. The van der Waals surface area contributed by atoms with Crippen LogP contribution in [0.5, 0.6) is 0 Å². The third-order valence-corrected chi connectivity index (χ3v) is 4.21. The third-order valence-electron chi connectivity index (χ3n) is 3.96. The zero-order valence-electron chi connectivity index (χ0n) is 15.4. The smallest absolute Gasteiger partial charge is 0.343 e. The molecule has 2 aromatic heterocycles. The van der Waals surface area contributed by atoms with E-state index in [0.717, 1.165) is 16.5 Å². The number of benzene rings is 1. The molecular formula is C19H21N5O2S. The van der Waals surface area contributed by atoms with E-state index in [0.29, 0.717) is 28.9 Å². The van der Waals surface area contributed by atoms with Crippen molar-refractivity contribution in [3.8, 4) is 5.82 Å². The number of nitrogens with one attached hydrogen (secondary N) is 2. The van der Waals surface area contributed by atoms with Gasteiger partial charge in [-0.05, 0) is 50.7 Å². The summed E-state index contributed by atoms with van der Waals surface area (Å²) < 4.78 is 6.70. The van der Waals surface area contributed by atoms with E-state index in [1.807, 2.05) is 44.2 Å². The van der Waals surface area contributed by atoms with E-state index in [1.165, 1.54) is 6.20 Å². The van der Waals surface area contributed by atoms with Gasteiger partial charge in [-0.2, -0.15) is 9.78 Å². The lowest BCUT2D eigenvalue weighted by Crippen LogP contribution is -2.29. The number of ether oxygens (including phenoxy) is 1. The fourth-order valence-electron chi connectivity index (χ4n) is 2.75. The summed E-state index contributed by atoms with van der Waals surface area (Å²) in [5, 5.41) is 11.9. The van der Waals surface area contributed by atoms with Gasteiger partial charge in [0.05, 0.1) is 18.3 Å². The molecule has 0 spiro atoms. The highest BCUT2D eigenvalue weighted by Crippen LogP contribution is 2.24. The predicted octanol–water partition coefficient (Wildman–Crippen LogP) is 3.21. The van der Waals surface area contributed by atoms with Gasteiger partial charge in [-0.25, -0.2) is 9.78 Å². The van der Waals surface area contributed by atoms with Crippen LogP contribution in [-0.2, 0) is 4.74 Å². The van der Waals surface area contributed by atoms with Crippen LogP contribution in [0.2, 0.25) is 0 Å². The van der Waals surface area contributed by atoms with E-state index in [-0.39, 0.29) is 6.61 Å². The Bertz CT molecular complexity index is 999. The number of rotatable bonds is 5. The minimum Gasteiger partial charge on any atom is -0.462 e. The molecule has 0 bridgehead atoms. The molecule has 0 radical (unpaired) electrons. The van der Waals surface area contributed by atoms with Crippen molar-refractivity contribution in [2.45, 2.75) is 20.8 Å². The van der Waals surface area contributed by atoms with Crippen LogP contribution in [0.15, 0.2) is 36.5 Å². The molecule has 27 heavy (non-hydrogen) atoms. The minimum atomic E-state index is -0.469. The fraction of sp³-hybridized carbons (Fsp3) is 0.263. The van der Waals surface area contributed by atoms with Crippen LogP contribution in [0, 0.1) is 6.92 Å². The number of anilines is 1. The number of carbonyl (C=O) groups is 1. The molecule has 0 fully saturated rings. The first kappa shape index (κ1) is 18.8. The Morgan fingerprint density at radius 1 is 1.30 bits per heavy atom. The van der Waals surface area contributed by atoms with Crippen LogP contribution in [0.1, 0.15) is 29.8 Å². The van der Waals surface area contributed by atoms with Gasteiger partial charge in [0.25, 0.3) is 0 Å². The van der Waals surface area contributed by atoms with E-state index in [1.54, 1.807) is 11.6 Å². The second kappa shape index (κ2) is 8.13. The Labute approximate surface area is 162 Å². The zero-order chi connectivity index (χ0) is 19.4. The lowest BCUT2D eigenvalue weighted by Gasteiger charge is -2.13. The van der Waals surface area contributed by atoms with Crippen molar-refractivity contribution in [1.82, 2.24) is 20.1 Å². The second-order valence-corrected chi connectivity index (χ2v) is 6.25. The topological polar surface area (TPSA) is 81.1 Å². The maximum Gasteiger partial charge on any atom is 0.343 e. The van der Waals surface area contributed by atoms with Gasteiger partial charge in [-0.1, -0.05) is 18.2 Å². The summed E-state index contributed by atoms with van der Waals surface area (Å²) in [7, 11) is 0. The molecule has 0 saturated heterocycles. The van der Waals surface area contributed by atoms with Crippen LogP contribution in [0.25, 0.3) is 16.7 Å². The Hall–Kier alpha value is -3.00. The number of thiocarbonyl (C=S) groups is 1. The summed E-state index contributed by atoms with van der Waals surface area (Å²) in [6, 6.07) is 9.80. The summed E-state index contributed by atoms with van der Waals surface area (Å²) in [5.41, 5.74) is 2.20. The molecule has 140 valence electrons. The lowest BCUT2D eigenvalue weighted by molar-refractivity contribution is 0.0527. The summed E-state index contributed by atoms with van der Waals surface area (Å²) >= 11 is 5.29. The summed E-state index contributed by atoms with van der Waals surface area (Å²) in [5.74, 6) is 0.535. The van der Waals surface area contributed by atoms with Gasteiger partial charge in [-0.3, -0.25) is 0 Å². The molecule has 7 nitrogen and oxygen atoms in total. The van der Waals surface area contributed by atoms with Gasteiger partial charge >= 0.3 is 5.97 Å². The van der Waals surface area contributed by atoms with Gasteiger partial charge in [0.2, 0.25) is 0 Å². The number of esters is 1. The van der Waals surface area contributed by atoms with Crippen LogP contribution >= 0.6 is 12.2 Å². The highest BCUT2D eigenvalue weighted by atomic mass is 32.1. The summed E-state index contributed by atoms with van der Waals surface area (Å²) in [6.07, 6.45) is 1.46. The van der Waals surface area contributed by atoms with Gasteiger partial charge < -0.3 is 15.4 Å². The molecule has 0 saturated carbocycles. The van der Waals surface area contributed by atoms with Crippen molar-refractivity contribution in [2.75, 3.05) is 18.5 Å². The second-order valence-electron chi connectivity index (χ2n) is 5.84. The van der Waals surface area contributed by atoms with Gasteiger partial charge in [-0.15, -0.1) is 0 Å². The molecule has 0 aliphatic heterocycles. The molecular weight excluding hydrogens is 362 g/mol. The average molecular weight is 383 g/mol. The largest absolute Gasteiger partial charge is 0.462 e. The first-order chi connectivity index (χ1) is 13.0. The fourth-order valence-corrected chi connectivity index (χ4v) is 2.99. The number of aromatic nitrogens is 3. The van der Waals surface area contributed by atoms with Crippen LogP contribution in [0.3, 0.4) is 0 Å². The van der Waals surface area contributed by atoms with Crippen LogP contribution < -0.4 is 10.6 Å². The van der Waals surface area contributed by atoms with Crippen molar-refractivity contribution in [3.63, 3.8) is 0 Å². The number of para-hydroxylation sites is 1. The number of hydrogen-bond donors (Lipinski definition) is 2. The Kier molecular flexibility index (Phi) is 5.66. The Balaban J connectivity index is 2.11. The van der Waals surface area contributed by atoms with Crippen LogP contribution in [0.4, 0.5) is 5.82 Å². The predicted molar refractivity (Wildman–Crippen MR) is 109 cm³/mol. The van der Waals surface area contributed by atoms with Crippen molar-refractivity contribution in [3.05, 3.63) is 47.7 Å². The maximum absolute atomic E-state index is 12.3. The molecule has 3 rings (SSSR count). The van der Waals surface area contributed by atoms with Crippen molar-refractivity contribution in [1.29, 1.82) is 0 Å². The zero-order valence-corrected chi connectivity index (χ0v) is 16.3. The van der Waals surface area contributed by atoms with E-state index in [2.05, 4.69) is 20.7 Å². The molecule has 0 atom stereocenters. The molecule has 2 heterocycles. The van der Waals surface area contributed by atoms with E-state index in [4.69, 9.17) is 17.0 Å². The Morgan fingerprint density at radius 3 is 2.81 bits per heavy atom. The number of fused-ring (bicyclic) bond motifs is 1. The first-order valence-electron chi connectivity index (χ1n) is 8.71. The highest BCUT2D eigenvalue weighted by molar-refractivity contribution is 7.80. The summed E-state index contributed by atoms with van der Waals surface area (Å²) in [6.45, 7) is 6.63. The number of nitrogens with zero attached hydrogens (tertiary/aromatic N) is 3. The number of carbonyl (C=O) groups excluding carboxylic acids is 1. The van der Waals surface area contributed by atoms with Gasteiger partial charge in [0.15, 0.2) is 16.7 Å². The third kappa shape index (κ3) is 3.90. The van der Waals surface area contributed by atoms with Gasteiger partial charge in [0.1, 0.15) is 5.56 Å². The van der Waals surface area contributed by atoms with E-state index < -0.39 is 5.97 Å². The number of pyridine rings is 1. The van der Waals surface area contributed by atoms with Crippen molar-refractivity contribution < 1.29 is 9.53 Å². The number of aryl methyl sites for hydroxylation is 1. The molecule has 8 heteroatoms. The summed E-state index contributed by atoms with van der Waals surface area (Å²) in [4.78, 5) is 17.0.